The largest absolute Gasteiger partial charge is 0.282 e. The van der Waals surface area contributed by atoms with Crippen LogP contribution in [0.2, 0.25) is 0 Å². The Labute approximate surface area is 161 Å². The third-order valence-electron chi connectivity index (χ3n) is 4.19. The quantitative estimate of drug-likeness (QED) is 0.575. The van der Waals surface area contributed by atoms with E-state index in [1.807, 2.05) is 45.0 Å². The number of aryl methyl sites for hydroxylation is 1. The van der Waals surface area contributed by atoms with E-state index in [9.17, 15) is 4.79 Å². The molecule has 0 amide bonds. The molecule has 0 aliphatic rings. The van der Waals surface area contributed by atoms with E-state index >= 15 is 0 Å². The number of halogens is 1. The predicted molar refractivity (Wildman–Crippen MR) is 111 cm³/mol. The highest BCUT2D eigenvalue weighted by Crippen LogP contribution is 2.23. The topological polar surface area (TPSA) is 47.2 Å². The molecule has 2 aromatic carbocycles. The molecule has 5 heteroatoms. The second-order valence-electron chi connectivity index (χ2n) is 7.30. The highest BCUT2D eigenvalue weighted by molar-refractivity contribution is 9.10. The number of rotatable bonds is 3. The van der Waals surface area contributed by atoms with Gasteiger partial charge in [0.15, 0.2) is 0 Å². The molecule has 4 nitrogen and oxygen atoms in total. The Morgan fingerprint density at radius 2 is 1.85 bits per heavy atom. The summed E-state index contributed by atoms with van der Waals surface area (Å²) in [6, 6.07) is 13.7. The molecule has 0 saturated heterocycles. The smallest absolute Gasteiger partial charge is 0.267 e. The second kappa shape index (κ2) is 7.16. The first kappa shape index (κ1) is 18.5. The summed E-state index contributed by atoms with van der Waals surface area (Å²) < 4.78 is 2.26. The highest BCUT2D eigenvalue weighted by atomic mass is 79.9. The van der Waals surface area contributed by atoms with Crippen molar-refractivity contribution in [2.45, 2.75) is 39.5 Å². The summed E-state index contributed by atoms with van der Waals surface area (Å²) in [6.45, 7) is 8.21. The SMILES string of the molecule is CCc1ccc(C=Nn2c(C(C)(C)C)nc3ccc(Br)cc3c2=O)cc1. The third kappa shape index (κ3) is 3.78. The van der Waals surface area contributed by atoms with Crippen LogP contribution in [0.15, 0.2) is 56.8 Å². The molecule has 3 rings (SSSR count). The third-order valence-corrected chi connectivity index (χ3v) is 4.68. The fraction of sp³-hybridized carbons (Fsp3) is 0.286. The van der Waals surface area contributed by atoms with Crippen molar-refractivity contribution in [2.75, 3.05) is 0 Å². The lowest BCUT2D eigenvalue weighted by Gasteiger charge is -2.20. The summed E-state index contributed by atoms with van der Waals surface area (Å²) in [5.74, 6) is 0.638. The fourth-order valence-corrected chi connectivity index (χ4v) is 3.07. The fourth-order valence-electron chi connectivity index (χ4n) is 2.71. The zero-order valence-corrected chi connectivity index (χ0v) is 17.0. The summed E-state index contributed by atoms with van der Waals surface area (Å²) in [5, 5.41) is 5.03. The summed E-state index contributed by atoms with van der Waals surface area (Å²) in [6.07, 6.45) is 2.70. The maximum absolute atomic E-state index is 13.1. The van der Waals surface area contributed by atoms with E-state index in [-0.39, 0.29) is 11.0 Å². The summed E-state index contributed by atoms with van der Waals surface area (Å²) in [5.41, 5.74) is 2.42. The first-order valence-electron chi connectivity index (χ1n) is 8.65. The lowest BCUT2D eigenvalue weighted by molar-refractivity contribution is 0.506. The Balaban J connectivity index is 2.17. The number of hydrogen-bond acceptors (Lipinski definition) is 3. The standard InChI is InChI=1S/C21H22BrN3O/c1-5-14-6-8-15(9-7-14)13-23-25-19(26)17-12-16(22)10-11-18(17)24-20(25)21(2,3)4/h6-13H,5H2,1-4H3. The van der Waals surface area contributed by atoms with Crippen LogP contribution in [0, 0.1) is 0 Å². The monoisotopic (exact) mass is 411 g/mol. The molecule has 0 bridgehead atoms. The average molecular weight is 412 g/mol. The number of benzene rings is 2. The van der Waals surface area contributed by atoms with Crippen molar-refractivity contribution < 1.29 is 0 Å². The van der Waals surface area contributed by atoms with Crippen LogP contribution >= 0.6 is 15.9 Å². The van der Waals surface area contributed by atoms with Crippen molar-refractivity contribution in [3.05, 3.63) is 74.2 Å². The van der Waals surface area contributed by atoms with Crippen LogP contribution < -0.4 is 5.56 Å². The minimum atomic E-state index is -0.316. The number of hydrogen-bond donors (Lipinski definition) is 0. The van der Waals surface area contributed by atoms with E-state index in [0.29, 0.717) is 16.7 Å². The van der Waals surface area contributed by atoms with Gasteiger partial charge in [-0.2, -0.15) is 9.78 Å². The van der Waals surface area contributed by atoms with E-state index in [1.54, 1.807) is 12.3 Å². The van der Waals surface area contributed by atoms with Gasteiger partial charge in [0.25, 0.3) is 5.56 Å². The van der Waals surface area contributed by atoms with Crippen LogP contribution in [-0.2, 0) is 11.8 Å². The molecule has 1 aromatic heterocycles. The molecule has 0 aliphatic carbocycles. The Kier molecular flexibility index (Phi) is 5.10. The van der Waals surface area contributed by atoms with Gasteiger partial charge in [0.05, 0.1) is 17.1 Å². The minimum absolute atomic E-state index is 0.164. The molecular formula is C21H22BrN3O. The number of fused-ring (bicyclic) bond motifs is 1. The summed E-state index contributed by atoms with van der Waals surface area (Å²) in [7, 11) is 0. The van der Waals surface area contributed by atoms with E-state index < -0.39 is 0 Å². The second-order valence-corrected chi connectivity index (χ2v) is 8.22. The van der Waals surface area contributed by atoms with Gasteiger partial charge in [0.1, 0.15) is 5.82 Å². The molecule has 0 N–H and O–H groups in total. The van der Waals surface area contributed by atoms with Gasteiger partial charge in [-0.1, -0.05) is 67.9 Å². The summed E-state index contributed by atoms with van der Waals surface area (Å²) in [4.78, 5) is 17.8. The van der Waals surface area contributed by atoms with Crippen molar-refractivity contribution in [2.24, 2.45) is 5.10 Å². The number of aromatic nitrogens is 2. The van der Waals surface area contributed by atoms with E-state index in [2.05, 4.69) is 40.1 Å². The average Bonchev–Trinajstić information content (AvgIpc) is 2.61. The maximum Gasteiger partial charge on any atom is 0.282 e. The molecule has 1 heterocycles. The molecule has 0 spiro atoms. The van der Waals surface area contributed by atoms with Gasteiger partial charge < -0.3 is 0 Å². The molecule has 0 saturated carbocycles. The Morgan fingerprint density at radius 1 is 1.15 bits per heavy atom. The lowest BCUT2D eigenvalue weighted by Crippen LogP contribution is -2.29. The lowest BCUT2D eigenvalue weighted by atomic mass is 9.95. The molecule has 3 aromatic rings. The zero-order valence-electron chi connectivity index (χ0n) is 15.5. The molecule has 0 radical (unpaired) electrons. The molecule has 26 heavy (non-hydrogen) atoms. The van der Waals surface area contributed by atoms with Crippen molar-refractivity contribution in [3.63, 3.8) is 0 Å². The van der Waals surface area contributed by atoms with Crippen LogP contribution in [0.4, 0.5) is 0 Å². The van der Waals surface area contributed by atoms with Crippen LogP contribution in [-0.4, -0.2) is 15.9 Å². The van der Waals surface area contributed by atoms with Crippen LogP contribution in [0.25, 0.3) is 10.9 Å². The predicted octanol–water partition coefficient (Wildman–Crippen LogP) is 4.90. The van der Waals surface area contributed by atoms with Gasteiger partial charge in [-0.25, -0.2) is 4.98 Å². The van der Waals surface area contributed by atoms with E-state index in [1.165, 1.54) is 10.2 Å². The van der Waals surface area contributed by atoms with Gasteiger partial charge >= 0.3 is 0 Å². The highest BCUT2D eigenvalue weighted by Gasteiger charge is 2.22. The van der Waals surface area contributed by atoms with Gasteiger partial charge in [-0.3, -0.25) is 4.79 Å². The normalized spacial score (nSPS) is 12.2. The van der Waals surface area contributed by atoms with Gasteiger partial charge in [-0.05, 0) is 35.7 Å². The van der Waals surface area contributed by atoms with Crippen LogP contribution in [0.5, 0.6) is 0 Å². The Bertz CT molecular complexity index is 1030. The first-order chi connectivity index (χ1) is 12.3. The molecular weight excluding hydrogens is 390 g/mol. The Hall–Kier alpha value is -2.27. The van der Waals surface area contributed by atoms with Crippen molar-refractivity contribution >= 4 is 33.0 Å². The Morgan fingerprint density at radius 3 is 2.46 bits per heavy atom. The van der Waals surface area contributed by atoms with Gasteiger partial charge in [0.2, 0.25) is 0 Å². The van der Waals surface area contributed by atoms with Gasteiger partial charge in [0, 0.05) is 9.89 Å². The first-order valence-corrected chi connectivity index (χ1v) is 9.45. The number of nitrogens with zero attached hydrogens (tertiary/aromatic N) is 3. The minimum Gasteiger partial charge on any atom is -0.267 e. The molecule has 0 atom stereocenters. The maximum atomic E-state index is 13.1. The zero-order chi connectivity index (χ0) is 18.9. The van der Waals surface area contributed by atoms with Gasteiger partial charge in [-0.15, -0.1) is 0 Å². The molecule has 134 valence electrons. The van der Waals surface area contributed by atoms with Crippen molar-refractivity contribution in [1.29, 1.82) is 0 Å². The van der Waals surface area contributed by atoms with Crippen molar-refractivity contribution in [1.82, 2.24) is 9.66 Å². The van der Waals surface area contributed by atoms with Crippen LogP contribution in [0.1, 0.15) is 44.6 Å². The van der Waals surface area contributed by atoms with E-state index in [0.717, 1.165) is 16.5 Å². The van der Waals surface area contributed by atoms with E-state index in [4.69, 9.17) is 4.98 Å². The molecule has 0 aliphatic heterocycles. The molecule has 0 unspecified atom stereocenters. The van der Waals surface area contributed by atoms with Crippen molar-refractivity contribution in [3.8, 4) is 0 Å². The molecule has 0 fully saturated rings. The van der Waals surface area contributed by atoms with Crippen LogP contribution in [0.3, 0.4) is 0 Å². The summed E-state index contributed by atoms with van der Waals surface area (Å²) >= 11 is 3.42.